The summed E-state index contributed by atoms with van der Waals surface area (Å²) in [5.74, 6) is -1.01. The van der Waals surface area contributed by atoms with E-state index in [1.807, 2.05) is 0 Å². The van der Waals surface area contributed by atoms with E-state index in [1.165, 1.54) is 34.4 Å². The summed E-state index contributed by atoms with van der Waals surface area (Å²) in [5, 5.41) is 3.28. The minimum atomic E-state index is -0.570. The molecular formula is C17H15ClFN5O2S. The van der Waals surface area contributed by atoms with Gasteiger partial charge in [0.1, 0.15) is 23.4 Å². The van der Waals surface area contributed by atoms with Gasteiger partial charge in [-0.3, -0.25) is 14.2 Å². The number of rotatable bonds is 4. The summed E-state index contributed by atoms with van der Waals surface area (Å²) in [4.78, 5) is 35.7. The minimum Gasteiger partial charge on any atom is -0.348 e. The van der Waals surface area contributed by atoms with E-state index in [0.29, 0.717) is 16.0 Å². The number of aromatic nitrogens is 3. The average molecular weight is 408 g/mol. The molecule has 0 unspecified atom stereocenters. The normalized spacial score (nSPS) is 14.1. The van der Waals surface area contributed by atoms with Crippen LogP contribution in [-0.4, -0.2) is 33.5 Å². The van der Waals surface area contributed by atoms with Crippen LogP contribution in [0.25, 0.3) is 10.3 Å². The fraction of sp³-hybridized carbons (Fsp3) is 0.294. The molecule has 1 aliphatic rings. The van der Waals surface area contributed by atoms with Crippen molar-refractivity contribution < 1.29 is 9.18 Å². The lowest BCUT2D eigenvalue weighted by molar-refractivity contribution is -0.116. The molecule has 1 N–H and O–H groups in total. The highest BCUT2D eigenvalue weighted by Crippen LogP contribution is 2.27. The smallest absolute Gasteiger partial charge is 0.273 e. The van der Waals surface area contributed by atoms with E-state index < -0.39 is 11.7 Å². The van der Waals surface area contributed by atoms with Gasteiger partial charge < -0.3 is 10.2 Å². The van der Waals surface area contributed by atoms with Gasteiger partial charge in [0.15, 0.2) is 10.8 Å². The number of halogens is 2. The van der Waals surface area contributed by atoms with Gasteiger partial charge in [-0.05, 0) is 31.0 Å². The summed E-state index contributed by atoms with van der Waals surface area (Å²) in [6, 6.07) is 3.87. The molecule has 4 rings (SSSR count). The van der Waals surface area contributed by atoms with Crippen molar-refractivity contribution in [2.75, 3.05) is 23.3 Å². The van der Waals surface area contributed by atoms with Gasteiger partial charge >= 0.3 is 0 Å². The Balaban J connectivity index is 1.54. The number of amides is 1. The number of anilines is 2. The highest BCUT2D eigenvalue weighted by atomic mass is 35.5. The van der Waals surface area contributed by atoms with E-state index in [1.54, 1.807) is 0 Å². The van der Waals surface area contributed by atoms with E-state index in [-0.39, 0.29) is 17.1 Å². The van der Waals surface area contributed by atoms with Gasteiger partial charge in [-0.25, -0.2) is 9.37 Å². The van der Waals surface area contributed by atoms with Gasteiger partial charge in [0, 0.05) is 18.8 Å². The Kier molecular flexibility index (Phi) is 4.79. The number of fused-ring (bicyclic) bond motifs is 1. The van der Waals surface area contributed by atoms with Crippen molar-refractivity contribution in [1.29, 1.82) is 0 Å². The van der Waals surface area contributed by atoms with Crippen molar-refractivity contribution in [2.24, 2.45) is 0 Å². The van der Waals surface area contributed by atoms with Gasteiger partial charge in [0.25, 0.3) is 5.56 Å². The first-order chi connectivity index (χ1) is 13.0. The van der Waals surface area contributed by atoms with Crippen molar-refractivity contribution in [3.8, 4) is 0 Å². The Labute approximate surface area is 162 Å². The Morgan fingerprint density at radius 2 is 2.11 bits per heavy atom. The summed E-state index contributed by atoms with van der Waals surface area (Å²) in [6.07, 6.45) is 3.54. The molecule has 27 heavy (non-hydrogen) atoms. The molecule has 1 aromatic carbocycles. The van der Waals surface area contributed by atoms with Crippen LogP contribution >= 0.6 is 22.9 Å². The first-order valence-electron chi connectivity index (χ1n) is 8.37. The zero-order valence-corrected chi connectivity index (χ0v) is 15.7. The molecule has 0 saturated carbocycles. The number of carbonyl (C=O) groups is 1. The van der Waals surface area contributed by atoms with Crippen LogP contribution in [0.3, 0.4) is 0 Å². The number of benzene rings is 1. The monoisotopic (exact) mass is 407 g/mol. The third-order valence-electron chi connectivity index (χ3n) is 4.27. The molecule has 0 atom stereocenters. The predicted octanol–water partition coefficient (Wildman–Crippen LogP) is 2.88. The number of nitrogens with one attached hydrogen (secondary N) is 1. The van der Waals surface area contributed by atoms with Crippen LogP contribution in [0.2, 0.25) is 5.02 Å². The molecule has 1 aliphatic heterocycles. The maximum atomic E-state index is 13.2. The van der Waals surface area contributed by atoms with Crippen LogP contribution in [-0.2, 0) is 11.3 Å². The number of nitrogens with zero attached hydrogens (tertiary/aromatic N) is 4. The molecule has 0 radical (unpaired) electrons. The second-order valence-electron chi connectivity index (χ2n) is 6.20. The SMILES string of the molecule is O=C(Cn1cnc2nc(N3CCCC3)sc2c1=O)Nc1ccc(F)c(Cl)c1. The van der Waals surface area contributed by atoms with Gasteiger partial charge in [-0.2, -0.15) is 4.98 Å². The largest absolute Gasteiger partial charge is 0.348 e. The lowest BCUT2D eigenvalue weighted by Crippen LogP contribution is -2.27. The van der Waals surface area contributed by atoms with E-state index in [4.69, 9.17) is 11.6 Å². The van der Waals surface area contributed by atoms with Crippen LogP contribution in [0.1, 0.15) is 12.8 Å². The van der Waals surface area contributed by atoms with E-state index in [9.17, 15) is 14.0 Å². The van der Waals surface area contributed by atoms with Gasteiger partial charge in [-0.1, -0.05) is 22.9 Å². The summed E-state index contributed by atoms with van der Waals surface area (Å²) in [6.45, 7) is 1.64. The standard InChI is InChI=1S/C17H15ClFN5O2S/c18-11-7-10(3-4-12(11)19)21-13(25)8-24-9-20-15-14(16(24)26)27-17(22-15)23-5-1-2-6-23/h3-4,7,9H,1-2,5-6,8H2,(H,21,25). The molecule has 3 heterocycles. The molecule has 0 aliphatic carbocycles. The third-order valence-corrected chi connectivity index (χ3v) is 5.65. The maximum Gasteiger partial charge on any atom is 0.273 e. The van der Waals surface area contributed by atoms with Crippen LogP contribution in [0.4, 0.5) is 15.2 Å². The molecule has 3 aromatic rings. The number of hydrogen-bond donors (Lipinski definition) is 1. The van der Waals surface area contributed by atoms with Gasteiger partial charge in [-0.15, -0.1) is 0 Å². The maximum absolute atomic E-state index is 13.2. The molecule has 2 aromatic heterocycles. The van der Waals surface area contributed by atoms with Crippen LogP contribution in [0, 0.1) is 5.82 Å². The molecule has 10 heteroatoms. The second kappa shape index (κ2) is 7.24. The summed E-state index contributed by atoms with van der Waals surface area (Å²) in [7, 11) is 0. The Bertz CT molecular complexity index is 1080. The molecular weight excluding hydrogens is 393 g/mol. The van der Waals surface area contributed by atoms with Crippen LogP contribution in [0.5, 0.6) is 0 Å². The number of thiazole rings is 1. The Morgan fingerprint density at radius 1 is 1.33 bits per heavy atom. The Hall–Kier alpha value is -2.52. The summed E-state index contributed by atoms with van der Waals surface area (Å²) in [5.41, 5.74) is 0.437. The van der Waals surface area contributed by atoms with E-state index >= 15 is 0 Å². The van der Waals surface area contributed by atoms with Crippen molar-refractivity contribution >= 4 is 50.0 Å². The number of hydrogen-bond acceptors (Lipinski definition) is 6. The average Bonchev–Trinajstić information content (AvgIpc) is 3.30. The Morgan fingerprint density at radius 3 is 2.85 bits per heavy atom. The first-order valence-corrected chi connectivity index (χ1v) is 9.56. The lowest BCUT2D eigenvalue weighted by Gasteiger charge is -2.11. The van der Waals surface area contributed by atoms with E-state index in [0.717, 1.165) is 37.1 Å². The zero-order chi connectivity index (χ0) is 19.0. The van der Waals surface area contributed by atoms with Crippen LogP contribution < -0.4 is 15.8 Å². The molecule has 1 fully saturated rings. The van der Waals surface area contributed by atoms with Crippen molar-refractivity contribution in [1.82, 2.24) is 14.5 Å². The molecule has 140 valence electrons. The fourth-order valence-corrected chi connectivity index (χ4v) is 4.12. The van der Waals surface area contributed by atoms with Gasteiger partial charge in [0.2, 0.25) is 5.91 Å². The fourth-order valence-electron chi connectivity index (χ4n) is 2.92. The quantitative estimate of drug-likeness (QED) is 0.719. The highest BCUT2D eigenvalue weighted by molar-refractivity contribution is 7.22. The molecule has 1 saturated heterocycles. The summed E-state index contributed by atoms with van der Waals surface area (Å²) < 4.78 is 14.9. The van der Waals surface area contributed by atoms with Crippen molar-refractivity contribution in [3.05, 3.63) is 45.7 Å². The lowest BCUT2D eigenvalue weighted by atomic mass is 10.3. The zero-order valence-electron chi connectivity index (χ0n) is 14.1. The molecule has 0 bridgehead atoms. The number of carbonyl (C=O) groups excluding carboxylic acids is 1. The molecule has 1 amide bonds. The second-order valence-corrected chi connectivity index (χ2v) is 7.58. The third kappa shape index (κ3) is 3.65. The first kappa shape index (κ1) is 17.9. The molecule has 0 spiro atoms. The predicted molar refractivity (Wildman–Crippen MR) is 103 cm³/mol. The summed E-state index contributed by atoms with van der Waals surface area (Å²) >= 11 is 7.00. The van der Waals surface area contributed by atoms with Crippen LogP contribution in [0.15, 0.2) is 29.3 Å². The topological polar surface area (TPSA) is 80.1 Å². The van der Waals surface area contributed by atoms with E-state index in [2.05, 4.69) is 20.2 Å². The molecule has 7 nitrogen and oxygen atoms in total. The highest BCUT2D eigenvalue weighted by Gasteiger charge is 2.19. The van der Waals surface area contributed by atoms with Crippen molar-refractivity contribution in [2.45, 2.75) is 19.4 Å². The minimum absolute atomic E-state index is 0.0906. The van der Waals surface area contributed by atoms with Crippen molar-refractivity contribution in [3.63, 3.8) is 0 Å². The van der Waals surface area contributed by atoms with Gasteiger partial charge in [0.05, 0.1) is 5.02 Å².